The maximum absolute atomic E-state index is 3.65. The summed E-state index contributed by atoms with van der Waals surface area (Å²) in [5.41, 5.74) is 11.0. The van der Waals surface area contributed by atoms with E-state index in [-0.39, 0.29) is 0 Å². The molecule has 1 heteroatoms. The molecule has 1 aliphatic rings. The van der Waals surface area contributed by atoms with Gasteiger partial charge in [-0.05, 0) is 65.8 Å². The molecule has 5 rings (SSSR count). The Hall–Kier alpha value is -2.54. The van der Waals surface area contributed by atoms with Crippen LogP contribution in [0.3, 0.4) is 0 Å². The van der Waals surface area contributed by atoms with Gasteiger partial charge in [0.15, 0.2) is 0 Å². The van der Waals surface area contributed by atoms with Crippen molar-refractivity contribution in [2.75, 3.05) is 0 Å². The van der Waals surface area contributed by atoms with Gasteiger partial charge in [0.1, 0.15) is 0 Å². The number of hydrogen-bond donors (Lipinski definition) is 1. The SMILES string of the molecule is Cc1ccc2c(c1)[nH]c1c(C)c3c(cc12)Cc1ccccc1-3. The number of aromatic nitrogens is 1. The molecule has 0 fully saturated rings. The average Bonchev–Trinajstić information content (AvgIpc) is 3.05. The van der Waals surface area contributed by atoms with Gasteiger partial charge in [0.2, 0.25) is 0 Å². The van der Waals surface area contributed by atoms with E-state index in [2.05, 4.69) is 67.4 Å². The molecule has 0 atom stereocenters. The highest BCUT2D eigenvalue weighted by Crippen LogP contribution is 2.43. The van der Waals surface area contributed by atoms with E-state index < -0.39 is 0 Å². The van der Waals surface area contributed by atoms with Crippen molar-refractivity contribution >= 4 is 21.8 Å². The van der Waals surface area contributed by atoms with Crippen LogP contribution in [-0.4, -0.2) is 4.98 Å². The molecular formula is C21H17N. The van der Waals surface area contributed by atoms with Crippen LogP contribution in [-0.2, 0) is 6.42 Å². The lowest BCUT2D eigenvalue weighted by molar-refractivity contribution is 1.26. The van der Waals surface area contributed by atoms with Gasteiger partial charge in [-0.15, -0.1) is 0 Å². The summed E-state index contributed by atoms with van der Waals surface area (Å²) >= 11 is 0. The molecule has 3 aromatic carbocycles. The third-order valence-electron chi connectivity index (χ3n) is 5.05. The van der Waals surface area contributed by atoms with Gasteiger partial charge in [-0.3, -0.25) is 0 Å². The lowest BCUT2D eigenvalue weighted by atomic mass is 9.97. The van der Waals surface area contributed by atoms with E-state index in [1.165, 1.54) is 55.2 Å². The summed E-state index contributed by atoms with van der Waals surface area (Å²) in [6.07, 6.45) is 1.06. The van der Waals surface area contributed by atoms with E-state index in [1.807, 2.05) is 0 Å². The van der Waals surface area contributed by atoms with E-state index >= 15 is 0 Å². The van der Waals surface area contributed by atoms with Crippen LogP contribution in [0.15, 0.2) is 48.5 Å². The number of rotatable bonds is 0. The Kier molecular flexibility index (Phi) is 2.20. The van der Waals surface area contributed by atoms with Crippen molar-refractivity contribution in [3.63, 3.8) is 0 Å². The maximum Gasteiger partial charge on any atom is 0.0501 e. The van der Waals surface area contributed by atoms with Gasteiger partial charge in [-0.2, -0.15) is 0 Å². The number of nitrogens with one attached hydrogen (secondary N) is 1. The predicted molar refractivity (Wildman–Crippen MR) is 93.5 cm³/mol. The van der Waals surface area contributed by atoms with Gasteiger partial charge in [0.25, 0.3) is 0 Å². The first kappa shape index (κ1) is 12.0. The first-order valence-electron chi connectivity index (χ1n) is 7.85. The molecule has 0 saturated carbocycles. The van der Waals surface area contributed by atoms with Crippen LogP contribution in [0, 0.1) is 13.8 Å². The van der Waals surface area contributed by atoms with Crippen LogP contribution in [0.5, 0.6) is 0 Å². The summed E-state index contributed by atoms with van der Waals surface area (Å²) in [4.78, 5) is 3.65. The van der Waals surface area contributed by atoms with Crippen LogP contribution in [0.1, 0.15) is 22.3 Å². The van der Waals surface area contributed by atoms with Crippen LogP contribution >= 0.6 is 0 Å². The monoisotopic (exact) mass is 283 g/mol. The Bertz CT molecular complexity index is 1070. The minimum atomic E-state index is 1.06. The molecule has 1 N–H and O–H groups in total. The third kappa shape index (κ3) is 1.43. The smallest absolute Gasteiger partial charge is 0.0501 e. The molecule has 0 spiro atoms. The summed E-state index contributed by atoms with van der Waals surface area (Å²) in [6.45, 7) is 4.40. The van der Waals surface area contributed by atoms with Crippen LogP contribution in [0.4, 0.5) is 0 Å². The molecule has 4 aromatic rings. The Morgan fingerprint density at radius 2 is 1.73 bits per heavy atom. The van der Waals surface area contributed by atoms with Gasteiger partial charge in [-0.1, -0.05) is 36.4 Å². The van der Waals surface area contributed by atoms with Crippen LogP contribution < -0.4 is 0 Å². The third-order valence-corrected chi connectivity index (χ3v) is 5.05. The molecule has 22 heavy (non-hydrogen) atoms. The quantitative estimate of drug-likeness (QED) is 0.386. The number of hydrogen-bond acceptors (Lipinski definition) is 0. The zero-order valence-electron chi connectivity index (χ0n) is 12.8. The van der Waals surface area contributed by atoms with E-state index in [9.17, 15) is 0 Å². The highest BCUT2D eigenvalue weighted by molar-refractivity contribution is 6.10. The molecule has 0 radical (unpaired) electrons. The van der Waals surface area contributed by atoms with Crippen molar-refractivity contribution < 1.29 is 0 Å². The zero-order chi connectivity index (χ0) is 14.8. The second kappa shape index (κ2) is 4.01. The van der Waals surface area contributed by atoms with Crippen molar-refractivity contribution in [2.45, 2.75) is 20.3 Å². The van der Waals surface area contributed by atoms with E-state index in [0.29, 0.717) is 0 Å². The fourth-order valence-corrected chi connectivity index (χ4v) is 4.03. The molecule has 1 aliphatic carbocycles. The number of benzene rings is 3. The number of H-pyrrole nitrogens is 1. The lowest BCUT2D eigenvalue weighted by Gasteiger charge is -2.07. The molecule has 106 valence electrons. The molecule has 0 bridgehead atoms. The van der Waals surface area contributed by atoms with Crippen molar-refractivity contribution in [3.05, 3.63) is 70.8 Å². The van der Waals surface area contributed by atoms with Crippen molar-refractivity contribution in [3.8, 4) is 11.1 Å². The van der Waals surface area contributed by atoms with E-state index in [4.69, 9.17) is 0 Å². The molecule has 0 aliphatic heterocycles. The first-order chi connectivity index (χ1) is 10.7. The second-order valence-corrected chi connectivity index (χ2v) is 6.47. The minimum Gasteiger partial charge on any atom is -0.354 e. The van der Waals surface area contributed by atoms with E-state index in [0.717, 1.165) is 6.42 Å². The largest absolute Gasteiger partial charge is 0.354 e. The van der Waals surface area contributed by atoms with Crippen molar-refractivity contribution in [2.24, 2.45) is 0 Å². The van der Waals surface area contributed by atoms with E-state index in [1.54, 1.807) is 0 Å². The molecule has 1 aromatic heterocycles. The zero-order valence-corrected chi connectivity index (χ0v) is 12.8. The number of fused-ring (bicyclic) bond motifs is 6. The summed E-state index contributed by atoms with van der Waals surface area (Å²) in [5.74, 6) is 0. The van der Waals surface area contributed by atoms with Crippen molar-refractivity contribution in [1.82, 2.24) is 4.98 Å². The molecule has 0 amide bonds. The van der Waals surface area contributed by atoms with Crippen molar-refractivity contribution in [1.29, 1.82) is 0 Å². The first-order valence-corrected chi connectivity index (χ1v) is 7.85. The molecule has 0 saturated heterocycles. The topological polar surface area (TPSA) is 15.8 Å². The van der Waals surface area contributed by atoms with Gasteiger partial charge in [0.05, 0.1) is 5.52 Å². The second-order valence-electron chi connectivity index (χ2n) is 6.47. The minimum absolute atomic E-state index is 1.06. The summed E-state index contributed by atoms with van der Waals surface area (Å²) in [7, 11) is 0. The Balaban J connectivity index is 1.93. The molecular weight excluding hydrogens is 266 g/mol. The fourth-order valence-electron chi connectivity index (χ4n) is 4.03. The van der Waals surface area contributed by atoms with Gasteiger partial charge in [-0.25, -0.2) is 0 Å². The Labute approximate surface area is 129 Å². The predicted octanol–water partition coefficient (Wildman–Crippen LogP) is 5.51. The maximum atomic E-state index is 3.65. The summed E-state index contributed by atoms with van der Waals surface area (Å²) in [6, 6.07) is 17.9. The van der Waals surface area contributed by atoms with Gasteiger partial charge < -0.3 is 4.98 Å². The standard InChI is InChI=1S/C21H17N/c1-12-7-8-17-18-11-15-10-14-5-3-4-6-16(14)20(15)13(2)21(18)22-19(17)9-12/h3-9,11,22H,10H2,1-2H3. The number of aromatic amines is 1. The molecule has 0 unspecified atom stereocenters. The molecule has 1 heterocycles. The van der Waals surface area contributed by atoms with Crippen LogP contribution in [0.25, 0.3) is 32.9 Å². The molecule has 1 nitrogen and oxygen atoms in total. The summed E-state index contributed by atoms with van der Waals surface area (Å²) < 4.78 is 0. The normalized spacial score (nSPS) is 12.8. The number of aryl methyl sites for hydroxylation is 2. The highest BCUT2D eigenvalue weighted by Gasteiger charge is 2.22. The van der Waals surface area contributed by atoms with Gasteiger partial charge >= 0.3 is 0 Å². The van der Waals surface area contributed by atoms with Crippen LogP contribution in [0.2, 0.25) is 0 Å². The van der Waals surface area contributed by atoms with Gasteiger partial charge in [0, 0.05) is 16.3 Å². The average molecular weight is 283 g/mol. The Morgan fingerprint density at radius 1 is 0.864 bits per heavy atom. The Morgan fingerprint density at radius 3 is 2.64 bits per heavy atom. The highest BCUT2D eigenvalue weighted by atomic mass is 14.7. The lowest BCUT2D eigenvalue weighted by Crippen LogP contribution is -1.86. The fraction of sp³-hybridized carbons (Fsp3) is 0.143. The summed E-state index contributed by atoms with van der Waals surface area (Å²) in [5, 5.41) is 2.70.